The Labute approximate surface area is 112 Å². The maximum absolute atomic E-state index is 11.4. The molecule has 1 saturated heterocycles. The minimum atomic E-state index is -2.85. The lowest BCUT2D eigenvalue weighted by molar-refractivity contribution is 0.602. The van der Waals surface area contributed by atoms with Gasteiger partial charge in [0, 0.05) is 24.1 Å². The second-order valence-electron chi connectivity index (χ2n) is 4.75. The molecule has 1 atom stereocenters. The zero-order chi connectivity index (χ0) is 13.3. The van der Waals surface area contributed by atoms with Gasteiger partial charge in [-0.2, -0.15) is 5.10 Å². The van der Waals surface area contributed by atoms with Gasteiger partial charge in [0.1, 0.15) is 0 Å². The van der Waals surface area contributed by atoms with Crippen molar-refractivity contribution in [3.8, 4) is 5.69 Å². The lowest BCUT2D eigenvalue weighted by Gasteiger charge is -2.13. The summed E-state index contributed by atoms with van der Waals surface area (Å²) in [5.41, 5.74) is 1.88. The van der Waals surface area contributed by atoms with Crippen molar-refractivity contribution in [1.29, 1.82) is 0 Å². The molecule has 1 aliphatic heterocycles. The predicted molar refractivity (Wildman–Crippen MR) is 74.2 cm³/mol. The number of hydrogen-bond acceptors (Lipinski definition) is 4. The first-order chi connectivity index (χ1) is 9.12. The van der Waals surface area contributed by atoms with Crippen LogP contribution in [0.25, 0.3) is 5.69 Å². The highest BCUT2D eigenvalue weighted by atomic mass is 32.2. The molecule has 0 spiro atoms. The fourth-order valence-electron chi connectivity index (χ4n) is 2.30. The molecule has 1 fully saturated rings. The quantitative estimate of drug-likeness (QED) is 0.923. The van der Waals surface area contributed by atoms with Crippen molar-refractivity contribution >= 4 is 15.5 Å². The number of rotatable bonds is 3. The van der Waals surface area contributed by atoms with Gasteiger partial charge in [-0.15, -0.1) is 0 Å². The average molecular weight is 277 g/mol. The van der Waals surface area contributed by atoms with Crippen LogP contribution in [0, 0.1) is 0 Å². The Morgan fingerprint density at radius 3 is 2.89 bits per heavy atom. The van der Waals surface area contributed by atoms with Gasteiger partial charge in [0.15, 0.2) is 9.84 Å². The number of nitrogens with one attached hydrogen (secondary N) is 1. The van der Waals surface area contributed by atoms with E-state index in [1.807, 2.05) is 36.5 Å². The fraction of sp³-hybridized carbons (Fsp3) is 0.308. The van der Waals surface area contributed by atoms with E-state index in [1.54, 1.807) is 10.9 Å². The summed E-state index contributed by atoms with van der Waals surface area (Å²) in [5.74, 6) is 0.502. The summed E-state index contributed by atoms with van der Waals surface area (Å²) in [6.45, 7) is 0. The maximum Gasteiger partial charge on any atom is 0.152 e. The summed E-state index contributed by atoms with van der Waals surface area (Å²) in [6, 6.07) is 9.68. The van der Waals surface area contributed by atoms with Crippen LogP contribution in [0.5, 0.6) is 0 Å². The number of anilines is 1. The third-order valence-electron chi connectivity index (χ3n) is 3.22. The molecule has 2 aromatic rings. The molecule has 19 heavy (non-hydrogen) atoms. The highest BCUT2D eigenvalue weighted by Crippen LogP contribution is 2.19. The Morgan fingerprint density at radius 2 is 2.21 bits per heavy atom. The van der Waals surface area contributed by atoms with E-state index in [9.17, 15) is 8.42 Å². The van der Waals surface area contributed by atoms with Crippen LogP contribution in [-0.2, 0) is 9.84 Å². The SMILES string of the molecule is O=S1(=O)CCC(Nc2cccc(-n3cccn3)c2)C1. The van der Waals surface area contributed by atoms with Gasteiger partial charge in [0.05, 0.1) is 17.2 Å². The predicted octanol–water partition coefficient (Wildman–Crippen LogP) is 1.47. The van der Waals surface area contributed by atoms with E-state index < -0.39 is 9.84 Å². The second-order valence-corrected chi connectivity index (χ2v) is 6.97. The molecule has 0 saturated carbocycles. The highest BCUT2D eigenvalue weighted by molar-refractivity contribution is 7.91. The van der Waals surface area contributed by atoms with Gasteiger partial charge in [0.25, 0.3) is 0 Å². The van der Waals surface area contributed by atoms with E-state index in [4.69, 9.17) is 0 Å². The van der Waals surface area contributed by atoms with E-state index in [0.717, 1.165) is 11.4 Å². The second kappa shape index (κ2) is 4.70. The molecule has 1 aliphatic rings. The van der Waals surface area contributed by atoms with E-state index >= 15 is 0 Å². The zero-order valence-electron chi connectivity index (χ0n) is 10.4. The first-order valence-electron chi connectivity index (χ1n) is 6.19. The van der Waals surface area contributed by atoms with Crippen molar-refractivity contribution in [2.24, 2.45) is 0 Å². The maximum atomic E-state index is 11.4. The van der Waals surface area contributed by atoms with Crippen LogP contribution in [0.4, 0.5) is 5.69 Å². The van der Waals surface area contributed by atoms with Crippen molar-refractivity contribution in [2.75, 3.05) is 16.8 Å². The van der Waals surface area contributed by atoms with Crippen molar-refractivity contribution in [3.63, 3.8) is 0 Å². The minimum Gasteiger partial charge on any atom is -0.381 e. The van der Waals surface area contributed by atoms with Gasteiger partial charge in [-0.1, -0.05) is 6.07 Å². The third-order valence-corrected chi connectivity index (χ3v) is 4.99. The Bertz CT molecular complexity index is 665. The van der Waals surface area contributed by atoms with Gasteiger partial charge >= 0.3 is 0 Å². The number of benzene rings is 1. The molecule has 0 amide bonds. The zero-order valence-corrected chi connectivity index (χ0v) is 11.2. The summed E-state index contributed by atoms with van der Waals surface area (Å²) in [6.07, 6.45) is 4.27. The molecule has 100 valence electrons. The molecule has 0 radical (unpaired) electrons. The molecule has 3 rings (SSSR count). The number of aromatic nitrogens is 2. The first kappa shape index (κ1) is 12.2. The Balaban J connectivity index is 1.77. The molecule has 1 aromatic heterocycles. The van der Waals surface area contributed by atoms with Crippen LogP contribution in [-0.4, -0.2) is 35.7 Å². The van der Waals surface area contributed by atoms with Crippen molar-refractivity contribution in [2.45, 2.75) is 12.5 Å². The molecule has 1 N–H and O–H groups in total. The highest BCUT2D eigenvalue weighted by Gasteiger charge is 2.27. The first-order valence-corrected chi connectivity index (χ1v) is 8.02. The van der Waals surface area contributed by atoms with Gasteiger partial charge in [-0.3, -0.25) is 0 Å². The van der Waals surface area contributed by atoms with Gasteiger partial charge in [-0.25, -0.2) is 13.1 Å². The van der Waals surface area contributed by atoms with Crippen LogP contribution < -0.4 is 5.32 Å². The molecule has 6 heteroatoms. The third kappa shape index (κ3) is 2.78. The summed E-state index contributed by atoms with van der Waals surface area (Å²) in [7, 11) is -2.85. The molecule has 0 aliphatic carbocycles. The van der Waals surface area contributed by atoms with Gasteiger partial charge < -0.3 is 5.32 Å². The Morgan fingerprint density at radius 1 is 1.32 bits per heavy atom. The van der Waals surface area contributed by atoms with Crippen LogP contribution in [0.2, 0.25) is 0 Å². The molecule has 2 heterocycles. The van der Waals surface area contributed by atoms with Crippen LogP contribution in [0.3, 0.4) is 0 Å². The number of hydrogen-bond donors (Lipinski definition) is 1. The fourth-order valence-corrected chi connectivity index (χ4v) is 3.98. The Kier molecular flexibility index (Phi) is 3.02. The van der Waals surface area contributed by atoms with Gasteiger partial charge in [0.2, 0.25) is 0 Å². The molecular formula is C13H15N3O2S. The summed E-state index contributed by atoms with van der Waals surface area (Å²) in [4.78, 5) is 0. The van der Waals surface area contributed by atoms with E-state index in [2.05, 4.69) is 10.4 Å². The van der Waals surface area contributed by atoms with E-state index in [0.29, 0.717) is 6.42 Å². The molecule has 1 unspecified atom stereocenters. The standard InChI is InChI=1S/C13H15N3O2S/c17-19(18)8-5-12(10-19)15-11-3-1-4-13(9-11)16-7-2-6-14-16/h1-4,6-7,9,12,15H,5,8,10H2. The van der Waals surface area contributed by atoms with Crippen molar-refractivity contribution < 1.29 is 8.42 Å². The summed E-state index contributed by atoms with van der Waals surface area (Å²) in [5, 5.41) is 7.45. The van der Waals surface area contributed by atoms with E-state index in [-0.39, 0.29) is 17.5 Å². The molecule has 0 bridgehead atoms. The minimum absolute atomic E-state index is 0.0119. The Hall–Kier alpha value is -1.82. The smallest absolute Gasteiger partial charge is 0.152 e. The monoisotopic (exact) mass is 277 g/mol. The topological polar surface area (TPSA) is 64.0 Å². The average Bonchev–Trinajstić information content (AvgIpc) is 2.99. The van der Waals surface area contributed by atoms with Crippen LogP contribution in [0.15, 0.2) is 42.7 Å². The lowest BCUT2D eigenvalue weighted by Crippen LogP contribution is -2.20. The summed E-state index contributed by atoms with van der Waals surface area (Å²) >= 11 is 0. The van der Waals surface area contributed by atoms with Crippen molar-refractivity contribution in [1.82, 2.24) is 9.78 Å². The van der Waals surface area contributed by atoms with Crippen molar-refractivity contribution in [3.05, 3.63) is 42.7 Å². The van der Waals surface area contributed by atoms with Crippen LogP contribution >= 0.6 is 0 Å². The molecule has 1 aromatic carbocycles. The number of nitrogens with zero attached hydrogens (tertiary/aromatic N) is 2. The van der Waals surface area contributed by atoms with Crippen LogP contribution in [0.1, 0.15) is 6.42 Å². The largest absolute Gasteiger partial charge is 0.381 e. The van der Waals surface area contributed by atoms with Gasteiger partial charge in [-0.05, 0) is 30.7 Å². The lowest BCUT2D eigenvalue weighted by atomic mass is 10.2. The van der Waals surface area contributed by atoms with E-state index in [1.165, 1.54) is 0 Å². The normalized spacial score (nSPS) is 21.4. The molecule has 5 nitrogen and oxygen atoms in total. The number of sulfone groups is 1. The molecular weight excluding hydrogens is 262 g/mol. The summed E-state index contributed by atoms with van der Waals surface area (Å²) < 4.78 is 24.6.